The van der Waals surface area contributed by atoms with E-state index >= 15 is 0 Å². The standard InChI is InChI=1S/C22H37N5OS.HI/c1-3-23-22(24-11-10-21(28)27-14-6-8-18(2)17-27)25-16-19(20-9-7-15-29-20)26-12-4-5-13-26;/h7,9,15,18-19H,3-6,8,10-14,16-17H2,1-2H3,(H2,23,24,25);1H. The number of guanidine groups is 1. The van der Waals surface area contributed by atoms with Gasteiger partial charge in [-0.25, -0.2) is 0 Å². The van der Waals surface area contributed by atoms with Crippen molar-refractivity contribution >= 4 is 47.2 Å². The number of hydrogen-bond donors (Lipinski definition) is 2. The summed E-state index contributed by atoms with van der Waals surface area (Å²) in [7, 11) is 0. The van der Waals surface area contributed by atoms with Crippen molar-refractivity contribution in [2.24, 2.45) is 10.9 Å². The van der Waals surface area contributed by atoms with Crippen LogP contribution in [0.3, 0.4) is 0 Å². The van der Waals surface area contributed by atoms with Crippen LogP contribution >= 0.6 is 35.3 Å². The smallest absolute Gasteiger partial charge is 0.224 e. The molecule has 2 unspecified atom stereocenters. The molecule has 2 aliphatic rings. The Morgan fingerprint density at radius 1 is 1.27 bits per heavy atom. The van der Waals surface area contributed by atoms with Gasteiger partial charge >= 0.3 is 0 Å². The molecule has 0 radical (unpaired) electrons. The summed E-state index contributed by atoms with van der Waals surface area (Å²) in [4.78, 5) is 23.3. The van der Waals surface area contributed by atoms with E-state index in [4.69, 9.17) is 4.99 Å². The molecular formula is C22H38IN5OS. The minimum absolute atomic E-state index is 0. The molecule has 2 aliphatic heterocycles. The Balaban J connectivity index is 0.00000320. The second-order valence-electron chi connectivity index (χ2n) is 8.26. The highest BCUT2D eigenvalue weighted by atomic mass is 127. The lowest BCUT2D eigenvalue weighted by molar-refractivity contribution is -0.132. The van der Waals surface area contributed by atoms with Crippen LogP contribution in [0.4, 0.5) is 0 Å². The van der Waals surface area contributed by atoms with Crippen LogP contribution in [0.5, 0.6) is 0 Å². The lowest BCUT2D eigenvalue weighted by atomic mass is 10.00. The summed E-state index contributed by atoms with van der Waals surface area (Å²) in [5.74, 6) is 1.70. The van der Waals surface area contributed by atoms with Crippen LogP contribution in [0.1, 0.15) is 56.9 Å². The summed E-state index contributed by atoms with van der Waals surface area (Å²) < 4.78 is 0. The normalized spacial score (nSPS) is 21.2. The summed E-state index contributed by atoms with van der Waals surface area (Å²) >= 11 is 1.82. The Morgan fingerprint density at radius 2 is 2.07 bits per heavy atom. The second-order valence-corrected chi connectivity index (χ2v) is 9.24. The molecule has 0 aliphatic carbocycles. The molecule has 1 aromatic heterocycles. The van der Waals surface area contributed by atoms with E-state index < -0.39 is 0 Å². The molecule has 6 nitrogen and oxygen atoms in total. The Hall–Kier alpha value is -0.870. The number of rotatable bonds is 8. The third kappa shape index (κ3) is 7.67. The fourth-order valence-corrected chi connectivity index (χ4v) is 5.15. The molecule has 3 rings (SSSR count). The highest BCUT2D eigenvalue weighted by molar-refractivity contribution is 14.0. The number of hydrogen-bond acceptors (Lipinski definition) is 4. The van der Waals surface area contributed by atoms with Crippen LogP contribution in [-0.2, 0) is 4.79 Å². The number of thiophene rings is 1. The van der Waals surface area contributed by atoms with E-state index in [0.717, 1.165) is 51.6 Å². The molecule has 30 heavy (non-hydrogen) atoms. The Bertz CT molecular complexity index is 648. The number of nitrogens with one attached hydrogen (secondary N) is 2. The van der Waals surface area contributed by atoms with Crippen LogP contribution in [0.15, 0.2) is 22.5 Å². The van der Waals surface area contributed by atoms with Gasteiger partial charge in [0.25, 0.3) is 0 Å². The number of piperidine rings is 1. The molecule has 0 aromatic carbocycles. The topological polar surface area (TPSA) is 60.0 Å². The third-order valence-electron chi connectivity index (χ3n) is 5.86. The summed E-state index contributed by atoms with van der Waals surface area (Å²) in [5, 5.41) is 8.85. The van der Waals surface area contributed by atoms with E-state index in [9.17, 15) is 4.79 Å². The van der Waals surface area contributed by atoms with Gasteiger partial charge in [-0.1, -0.05) is 13.0 Å². The number of carbonyl (C=O) groups excluding carboxylic acids is 1. The predicted octanol–water partition coefficient (Wildman–Crippen LogP) is 3.71. The predicted molar refractivity (Wildman–Crippen MR) is 137 cm³/mol. The van der Waals surface area contributed by atoms with Gasteiger partial charge in [0.15, 0.2) is 5.96 Å². The van der Waals surface area contributed by atoms with Crippen LogP contribution in [0.2, 0.25) is 0 Å². The third-order valence-corrected chi connectivity index (χ3v) is 6.83. The van der Waals surface area contributed by atoms with Crippen molar-refractivity contribution < 1.29 is 4.79 Å². The first-order chi connectivity index (χ1) is 14.2. The van der Waals surface area contributed by atoms with Crippen LogP contribution in [0.25, 0.3) is 0 Å². The maximum absolute atomic E-state index is 12.5. The zero-order valence-corrected chi connectivity index (χ0v) is 21.6. The van der Waals surface area contributed by atoms with Crippen molar-refractivity contribution in [3.63, 3.8) is 0 Å². The first-order valence-corrected chi connectivity index (χ1v) is 12.1. The average molecular weight is 548 g/mol. The fourth-order valence-electron chi connectivity index (χ4n) is 4.30. The molecular weight excluding hydrogens is 509 g/mol. The van der Waals surface area contributed by atoms with Crippen molar-refractivity contribution in [2.75, 3.05) is 45.8 Å². The molecule has 170 valence electrons. The first kappa shape index (κ1) is 25.4. The van der Waals surface area contributed by atoms with Crippen molar-refractivity contribution in [1.82, 2.24) is 20.4 Å². The number of halogens is 1. The maximum Gasteiger partial charge on any atom is 0.224 e. The van der Waals surface area contributed by atoms with Gasteiger partial charge in [-0.05, 0) is 63.1 Å². The van der Waals surface area contributed by atoms with E-state index in [0.29, 0.717) is 24.9 Å². The summed E-state index contributed by atoms with van der Waals surface area (Å²) in [5.41, 5.74) is 0. The molecule has 8 heteroatoms. The minimum Gasteiger partial charge on any atom is -0.357 e. The van der Waals surface area contributed by atoms with Gasteiger partial charge in [-0.3, -0.25) is 14.7 Å². The van der Waals surface area contributed by atoms with E-state index in [1.54, 1.807) is 0 Å². The van der Waals surface area contributed by atoms with Crippen LogP contribution in [0, 0.1) is 5.92 Å². The number of aliphatic imine (C=N–C) groups is 1. The van der Waals surface area contributed by atoms with Crippen molar-refractivity contribution in [3.05, 3.63) is 22.4 Å². The van der Waals surface area contributed by atoms with Crippen LogP contribution in [-0.4, -0.2) is 67.5 Å². The lowest BCUT2D eigenvalue weighted by Gasteiger charge is -2.31. The summed E-state index contributed by atoms with van der Waals surface area (Å²) in [6.07, 6.45) is 5.45. The highest BCUT2D eigenvalue weighted by Crippen LogP contribution is 2.28. The fraction of sp³-hybridized carbons (Fsp3) is 0.727. The van der Waals surface area contributed by atoms with Gasteiger partial charge in [0, 0.05) is 37.5 Å². The van der Waals surface area contributed by atoms with E-state index in [-0.39, 0.29) is 29.9 Å². The minimum atomic E-state index is 0. The number of likely N-dealkylation sites (tertiary alicyclic amines) is 2. The van der Waals surface area contributed by atoms with Gasteiger partial charge in [-0.2, -0.15) is 0 Å². The molecule has 2 fully saturated rings. The molecule has 0 spiro atoms. The Morgan fingerprint density at radius 3 is 2.73 bits per heavy atom. The van der Waals surface area contributed by atoms with E-state index in [1.807, 2.05) is 16.2 Å². The van der Waals surface area contributed by atoms with Gasteiger partial charge < -0.3 is 15.5 Å². The number of amides is 1. The van der Waals surface area contributed by atoms with Gasteiger partial charge in [-0.15, -0.1) is 35.3 Å². The zero-order valence-electron chi connectivity index (χ0n) is 18.4. The zero-order chi connectivity index (χ0) is 20.5. The Labute approximate surface area is 202 Å². The van der Waals surface area contributed by atoms with Crippen LogP contribution < -0.4 is 10.6 Å². The SMILES string of the molecule is CCNC(=NCC(c1cccs1)N1CCCC1)NCCC(=O)N1CCCC(C)C1.I. The monoisotopic (exact) mass is 547 g/mol. The molecule has 1 amide bonds. The van der Waals surface area contributed by atoms with Crippen molar-refractivity contribution in [3.8, 4) is 0 Å². The first-order valence-electron chi connectivity index (χ1n) is 11.2. The van der Waals surface area contributed by atoms with Gasteiger partial charge in [0.05, 0.1) is 12.6 Å². The molecule has 2 N–H and O–H groups in total. The van der Waals surface area contributed by atoms with Gasteiger partial charge in [0.2, 0.25) is 5.91 Å². The number of carbonyl (C=O) groups is 1. The molecule has 2 saturated heterocycles. The van der Waals surface area contributed by atoms with Crippen molar-refractivity contribution in [2.45, 2.75) is 52.0 Å². The second kappa shape index (κ2) is 13.5. The largest absolute Gasteiger partial charge is 0.357 e. The molecule has 0 bridgehead atoms. The molecule has 0 saturated carbocycles. The summed E-state index contributed by atoms with van der Waals surface area (Å²) in [6.45, 7) is 10.6. The molecule has 2 atom stereocenters. The quantitative estimate of drug-likeness (QED) is 0.296. The van der Waals surface area contributed by atoms with Crippen molar-refractivity contribution in [1.29, 1.82) is 0 Å². The molecule has 3 heterocycles. The highest BCUT2D eigenvalue weighted by Gasteiger charge is 2.24. The summed E-state index contributed by atoms with van der Waals surface area (Å²) in [6, 6.07) is 4.70. The van der Waals surface area contributed by atoms with E-state index in [2.05, 4.69) is 46.9 Å². The maximum atomic E-state index is 12.5. The number of nitrogens with zero attached hydrogens (tertiary/aromatic N) is 3. The lowest BCUT2D eigenvalue weighted by Crippen LogP contribution is -2.42. The molecule has 1 aromatic rings. The van der Waals surface area contributed by atoms with E-state index in [1.165, 1.54) is 24.1 Å². The Kier molecular flexibility index (Phi) is 11.4. The average Bonchev–Trinajstić information content (AvgIpc) is 3.43. The van der Waals surface area contributed by atoms with Gasteiger partial charge in [0.1, 0.15) is 0 Å².